The number of ether oxygens (including phenoxy) is 3. The van der Waals surface area contributed by atoms with Crippen LogP contribution in [0.5, 0.6) is 17.2 Å². The van der Waals surface area contributed by atoms with Gasteiger partial charge in [-0.05, 0) is 59.2 Å². The zero-order valence-electron chi connectivity index (χ0n) is 18.7. The largest absolute Gasteiger partial charge is 0.497 e. The number of carbonyl (C=O) groups is 2. The van der Waals surface area contributed by atoms with Crippen molar-refractivity contribution < 1.29 is 28.2 Å². The van der Waals surface area contributed by atoms with Gasteiger partial charge in [0.15, 0.2) is 11.5 Å². The third-order valence-corrected chi connectivity index (χ3v) is 4.69. The van der Waals surface area contributed by atoms with E-state index in [1.807, 2.05) is 0 Å². The Morgan fingerprint density at radius 1 is 0.882 bits per heavy atom. The molecule has 2 amide bonds. The molecule has 0 heterocycles. The first kappa shape index (κ1) is 24.2. The molecule has 0 atom stereocenters. The van der Waals surface area contributed by atoms with Crippen molar-refractivity contribution >= 4 is 18.0 Å². The molecule has 0 aromatic heterocycles. The molecule has 9 heteroatoms. The van der Waals surface area contributed by atoms with Gasteiger partial charge in [0.25, 0.3) is 0 Å². The maximum Gasteiger partial charge on any atom is 0.329 e. The van der Waals surface area contributed by atoms with E-state index in [-0.39, 0.29) is 19.0 Å². The van der Waals surface area contributed by atoms with E-state index in [1.54, 1.807) is 61.7 Å². The van der Waals surface area contributed by atoms with Crippen LogP contribution in [-0.4, -0.2) is 32.2 Å². The molecule has 0 radical (unpaired) electrons. The minimum absolute atomic E-state index is 0.191. The van der Waals surface area contributed by atoms with E-state index in [0.717, 1.165) is 11.1 Å². The van der Waals surface area contributed by atoms with Gasteiger partial charge in [0.05, 0.1) is 20.4 Å². The fraction of sp³-hybridized carbons (Fsp3) is 0.160. The minimum Gasteiger partial charge on any atom is -0.497 e. The summed E-state index contributed by atoms with van der Waals surface area (Å²) < 4.78 is 29.2. The number of nitrogens with zero attached hydrogens (tertiary/aromatic N) is 1. The molecule has 3 rings (SSSR count). The van der Waals surface area contributed by atoms with Crippen molar-refractivity contribution in [2.75, 3.05) is 14.2 Å². The van der Waals surface area contributed by atoms with E-state index < -0.39 is 11.8 Å². The smallest absolute Gasteiger partial charge is 0.329 e. The maximum atomic E-state index is 13.0. The van der Waals surface area contributed by atoms with Crippen LogP contribution < -0.4 is 25.0 Å². The van der Waals surface area contributed by atoms with Crippen molar-refractivity contribution in [2.24, 2.45) is 5.10 Å². The average Bonchev–Trinajstić information content (AvgIpc) is 2.87. The quantitative estimate of drug-likeness (QED) is 0.287. The van der Waals surface area contributed by atoms with Crippen molar-refractivity contribution in [3.63, 3.8) is 0 Å². The maximum absolute atomic E-state index is 13.0. The Hall–Kier alpha value is -4.40. The number of rotatable bonds is 9. The lowest BCUT2D eigenvalue weighted by atomic mass is 10.2. The van der Waals surface area contributed by atoms with Crippen LogP contribution in [0.3, 0.4) is 0 Å². The number of methoxy groups -OCH3 is 2. The summed E-state index contributed by atoms with van der Waals surface area (Å²) >= 11 is 0. The van der Waals surface area contributed by atoms with Gasteiger partial charge in [0, 0.05) is 6.54 Å². The number of benzene rings is 3. The predicted octanol–water partition coefficient (Wildman–Crippen LogP) is 3.19. The SMILES string of the molecule is COc1ccc(CNC(=O)C(=O)N/N=C\c2ccc(OCc3ccc(F)cc3)c(OC)c2)cc1. The van der Waals surface area contributed by atoms with E-state index in [9.17, 15) is 14.0 Å². The molecule has 0 saturated carbocycles. The lowest BCUT2D eigenvalue weighted by Gasteiger charge is -2.11. The molecule has 34 heavy (non-hydrogen) atoms. The number of hydrogen-bond acceptors (Lipinski definition) is 6. The third kappa shape index (κ3) is 7.06. The highest BCUT2D eigenvalue weighted by Gasteiger charge is 2.12. The molecule has 0 aliphatic rings. The van der Waals surface area contributed by atoms with Gasteiger partial charge in [-0.3, -0.25) is 9.59 Å². The van der Waals surface area contributed by atoms with E-state index >= 15 is 0 Å². The van der Waals surface area contributed by atoms with Gasteiger partial charge in [-0.25, -0.2) is 9.82 Å². The Morgan fingerprint density at radius 2 is 1.59 bits per heavy atom. The van der Waals surface area contributed by atoms with E-state index in [4.69, 9.17) is 14.2 Å². The van der Waals surface area contributed by atoms with Crippen LogP contribution in [0.25, 0.3) is 0 Å². The summed E-state index contributed by atoms with van der Waals surface area (Å²) in [7, 11) is 3.06. The van der Waals surface area contributed by atoms with E-state index in [1.165, 1.54) is 25.5 Å². The minimum atomic E-state index is -0.893. The molecule has 3 aromatic rings. The molecule has 176 valence electrons. The fourth-order valence-electron chi connectivity index (χ4n) is 2.85. The first-order valence-electron chi connectivity index (χ1n) is 10.3. The zero-order valence-corrected chi connectivity index (χ0v) is 18.7. The summed E-state index contributed by atoms with van der Waals surface area (Å²) in [5.41, 5.74) is 4.43. The third-order valence-electron chi connectivity index (χ3n) is 4.69. The summed E-state index contributed by atoms with van der Waals surface area (Å²) in [6.45, 7) is 0.433. The summed E-state index contributed by atoms with van der Waals surface area (Å²) in [6.07, 6.45) is 1.38. The number of nitrogens with one attached hydrogen (secondary N) is 2. The average molecular weight is 465 g/mol. The summed E-state index contributed by atoms with van der Waals surface area (Å²) in [6, 6.07) is 18.2. The molecule has 0 aliphatic carbocycles. The van der Waals surface area contributed by atoms with Crippen molar-refractivity contribution in [3.05, 3.63) is 89.2 Å². The highest BCUT2D eigenvalue weighted by atomic mass is 19.1. The molecule has 8 nitrogen and oxygen atoms in total. The van der Waals surface area contributed by atoms with Crippen molar-refractivity contribution in [2.45, 2.75) is 13.2 Å². The Kier molecular flexibility index (Phi) is 8.56. The first-order chi connectivity index (χ1) is 16.5. The Balaban J connectivity index is 1.50. The van der Waals surface area contributed by atoms with Gasteiger partial charge in [-0.1, -0.05) is 24.3 Å². The van der Waals surface area contributed by atoms with Gasteiger partial charge >= 0.3 is 11.8 Å². The second kappa shape index (κ2) is 12.0. The van der Waals surface area contributed by atoms with Crippen LogP contribution in [0.1, 0.15) is 16.7 Å². The van der Waals surface area contributed by atoms with Crippen LogP contribution in [0.2, 0.25) is 0 Å². The molecule has 0 unspecified atom stereocenters. The lowest BCUT2D eigenvalue weighted by molar-refractivity contribution is -0.139. The number of halogens is 1. The molecule has 0 saturated heterocycles. The second-order valence-electron chi connectivity index (χ2n) is 7.06. The molecule has 0 spiro atoms. The Morgan fingerprint density at radius 3 is 2.26 bits per heavy atom. The highest BCUT2D eigenvalue weighted by Crippen LogP contribution is 2.28. The second-order valence-corrected chi connectivity index (χ2v) is 7.06. The van der Waals surface area contributed by atoms with Crippen LogP contribution in [0.4, 0.5) is 4.39 Å². The van der Waals surface area contributed by atoms with Gasteiger partial charge in [-0.15, -0.1) is 0 Å². The van der Waals surface area contributed by atoms with E-state index in [2.05, 4.69) is 15.8 Å². The topological polar surface area (TPSA) is 98.2 Å². The first-order valence-corrected chi connectivity index (χ1v) is 10.3. The van der Waals surface area contributed by atoms with E-state index in [0.29, 0.717) is 22.8 Å². The van der Waals surface area contributed by atoms with Gasteiger partial charge in [-0.2, -0.15) is 5.10 Å². The Labute approximate surface area is 196 Å². The number of hydrazone groups is 1. The zero-order chi connectivity index (χ0) is 24.3. The highest BCUT2D eigenvalue weighted by molar-refractivity contribution is 6.35. The summed E-state index contributed by atoms with van der Waals surface area (Å²) in [4.78, 5) is 23.9. The molecule has 0 aliphatic heterocycles. The number of amides is 2. The fourth-order valence-corrected chi connectivity index (χ4v) is 2.85. The molecule has 3 aromatic carbocycles. The number of carbonyl (C=O) groups excluding carboxylic acids is 2. The number of hydrogen-bond donors (Lipinski definition) is 2. The van der Waals surface area contributed by atoms with Crippen LogP contribution in [0.15, 0.2) is 71.8 Å². The van der Waals surface area contributed by atoms with Gasteiger partial charge in [0.2, 0.25) is 0 Å². The lowest BCUT2D eigenvalue weighted by Crippen LogP contribution is -2.37. The standard InChI is InChI=1S/C25H24FN3O5/c1-32-21-10-5-17(6-11-21)14-27-24(30)25(31)29-28-15-19-7-12-22(23(13-19)33-2)34-16-18-3-8-20(26)9-4-18/h3-13,15H,14,16H2,1-2H3,(H,27,30)(H,29,31)/b28-15-. The monoisotopic (exact) mass is 465 g/mol. The van der Waals surface area contributed by atoms with Crippen molar-refractivity contribution in [1.82, 2.24) is 10.7 Å². The molecular formula is C25H24FN3O5. The van der Waals surface area contributed by atoms with Crippen molar-refractivity contribution in [3.8, 4) is 17.2 Å². The van der Waals surface area contributed by atoms with Gasteiger partial charge < -0.3 is 19.5 Å². The predicted molar refractivity (Wildman–Crippen MR) is 124 cm³/mol. The van der Waals surface area contributed by atoms with Crippen LogP contribution >= 0.6 is 0 Å². The summed E-state index contributed by atoms with van der Waals surface area (Å²) in [5.74, 6) is -0.371. The normalized spacial score (nSPS) is 10.6. The molecular weight excluding hydrogens is 441 g/mol. The molecule has 0 fully saturated rings. The summed E-state index contributed by atoms with van der Waals surface area (Å²) in [5, 5.41) is 6.33. The van der Waals surface area contributed by atoms with Gasteiger partial charge in [0.1, 0.15) is 18.2 Å². The van der Waals surface area contributed by atoms with Crippen LogP contribution in [-0.2, 0) is 22.7 Å². The molecule has 0 bridgehead atoms. The Bertz CT molecular complexity index is 1150. The van der Waals surface area contributed by atoms with Crippen molar-refractivity contribution in [1.29, 1.82) is 0 Å². The van der Waals surface area contributed by atoms with Crippen LogP contribution in [0, 0.1) is 5.82 Å². The molecule has 2 N–H and O–H groups in total.